The first-order chi connectivity index (χ1) is 10.0. The van der Waals surface area contributed by atoms with E-state index in [2.05, 4.69) is 10.3 Å². The number of thiocarbonyl (C=S) groups is 1. The highest BCUT2D eigenvalue weighted by Crippen LogP contribution is 2.05. The molecule has 0 saturated heterocycles. The van der Waals surface area contributed by atoms with E-state index < -0.39 is 0 Å². The van der Waals surface area contributed by atoms with Crippen molar-refractivity contribution < 1.29 is 9.59 Å². The van der Waals surface area contributed by atoms with E-state index in [1.807, 2.05) is 0 Å². The molecule has 0 aliphatic carbocycles. The predicted molar refractivity (Wildman–Crippen MR) is 84.8 cm³/mol. The minimum atomic E-state index is -0.0866. The molecule has 0 aliphatic rings. The van der Waals surface area contributed by atoms with Crippen LogP contribution in [-0.4, -0.2) is 46.3 Å². The van der Waals surface area contributed by atoms with Crippen molar-refractivity contribution in [3.63, 3.8) is 0 Å². The molecule has 0 atom stereocenters. The van der Waals surface area contributed by atoms with Crippen LogP contribution in [0.1, 0.15) is 30.1 Å². The van der Waals surface area contributed by atoms with Crippen LogP contribution in [0.5, 0.6) is 0 Å². The van der Waals surface area contributed by atoms with Gasteiger partial charge in [-0.3, -0.25) is 14.6 Å². The molecule has 1 aromatic heterocycles. The largest absolute Gasteiger partial charge is 0.393 e. The van der Waals surface area contributed by atoms with E-state index in [0.29, 0.717) is 43.0 Å². The van der Waals surface area contributed by atoms with Gasteiger partial charge in [-0.15, -0.1) is 0 Å². The van der Waals surface area contributed by atoms with Gasteiger partial charge in [0.15, 0.2) is 0 Å². The fraction of sp³-hybridized carbons (Fsp3) is 0.429. The molecule has 2 amide bonds. The maximum atomic E-state index is 12.4. The Kier molecular flexibility index (Phi) is 7.31. The van der Waals surface area contributed by atoms with Crippen molar-refractivity contribution in [1.82, 2.24) is 15.2 Å². The van der Waals surface area contributed by atoms with E-state index in [0.717, 1.165) is 0 Å². The Morgan fingerprint density at radius 3 is 2.57 bits per heavy atom. The van der Waals surface area contributed by atoms with Crippen LogP contribution in [0.15, 0.2) is 24.5 Å². The summed E-state index contributed by atoms with van der Waals surface area (Å²) in [6.45, 7) is 3.00. The molecule has 0 fully saturated rings. The van der Waals surface area contributed by atoms with E-state index in [1.54, 1.807) is 29.4 Å². The van der Waals surface area contributed by atoms with Gasteiger partial charge in [0.25, 0.3) is 5.91 Å². The first kappa shape index (κ1) is 17.0. The molecule has 1 rings (SSSR count). The van der Waals surface area contributed by atoms with Crippen LogP contribution in [0.2, 0.25) is 0 Å². The second-order valence-electron chi connectivity index (χ2n) is 4.58. The molecular weight excluding hydrogens is 288 g/mol. The Morgan fingerprint density at radius 1 is 1.33 bits per heavy atom. The van der Waals surface area contributed by atoms with Crippen LogP contribution in [-0.2, 0) is 4.79 Å². The van der Waals surface area contributed by atoms with Crippen LogP contribution in [0.3, 0.4) is 0 Å². The fourth-order valence-corrected chi connectivity index (χ4v) is 1.86. The van der Waals surface area contributed by atoms with Gasteiger partial charge < -0.3 is 16.0 Å². The lowest BCUT2D eigenvalue weighted by Crippen LogP contribution is -2.36. The molecule has 0 aromatic carbocycles. The fourth-order valence-electron chi connectivity index (χ4n) is 1.77. The van der Waals surface area contributed by atoms with Gasteiger partial charge in [0.05, 0.1) is 4.99 Å². The molecule has 0 unspecified atom stereocenters. The second kappa shape index (κ2) is 9.02. The van der Waals surface area contributed by atoms with Gasteiger partial charge in [-0.25, -0.2) is 0 Å². The quantitative estimate of drug-likeness (QED) is 0.546. The van der Waals surface area contributed by atoms with Gasteiger partial charge in [-0.2, -0.15) is 0 Å². The van der Waals surface area contributed by atoms with Crippen molar-refractivity contribution >= 4 is 29.0 Å². The number of carbonyl (C=O) groups is 2. The highest BCUT2D eigenvalue weighted by molar-refractivity contribution is 7.80. The van der Waals surface area contributed by atoms with Gasteiger partial charge in [-0.05, 0) is 18.6 Å². The Bertz CT molecular complexity index is 493. The van der Waals surface area contributed by atoms with Crippen LogP contribution in [0.25, 0.3) is 0 Å². The molecule has 0 saturated carbocycles. The van der Waals surface area contributed by atoms with E-state index >= 15 is 0 Å². The summed E-state index contributed by atoms with van der Waals surface area (Å²) in [4.78, 5) is 29.2. The molecule has 114 valence electrons. The van der Waals surface area contributed by atoms with Crippen molar-refractivity contribution in [1.29, 1.82) is 0 Å². The van der Waals surface area contributed by atoms with E-state index in [-0.39, 0.29) is 11.8 Å². The smallest absolute Gasteiger partial charge is 0.253 e. The molecule has 21 heavy (non-hydrogen) atoms. The van der Waals surface area contributed by atoms with E-state index in [9.17, 15) is 9.59 Å². The minimum absolute atomic E-state index is 0.0786. The molecule has 3 N–H and O–H groups in total. The van der Waals surface area contributed by atoms with Crippen LogP contribution in [0.4, 0.5) is 0 Å². The van der Waals surface area contributed by atoms with Crippen molar-refractivity contribution in [3.05, 3.63) is 30.1 Å². The third-order valence-electron chi connectivity index (χ3n) is 2.82. The summed E-state index contributed by atoms with van der Waals surface area (Å²) in [5.41, 5.74) is 6.08. The second-order valence-corrected chi connectivity index (χ2v) is 5.11. The number of hydrogen-bond donors (Lipinski definition) is 2. The lowest BCUT2D eigenvalue weighted by Gasteiger charge is -2.22. The van der Waals surface area contributed by atoms with Gasteiger partial charge in [0, 0.05) is 50.9 Å². The average molecular weight is 308 g/mol. The summed E-state index contributed by atoms with van der Waals surface area (Å²) in [6, 6.07) is 3.34. The highest BCUT2D eigenvalue weighted by atomic mass is 32.1. The minimum Gasteiger partial charge on any atom is -0.393 e. The third kappa shape index (κ3) is 6.80. The number of carbonyl (C=O) groups excluding carboxylic acids is 2. The predicted octanol–water partition coefficient (Wildman–Crippen LogP) is 0.726. The molecule has 6 nitrogen and oxygen atoms in total. The molecule has 0 radical (unpaired) electrons. The average Bonchev–Trinajstić information content (AvgIpc) is 2.46. The Balaban J connectivity index is 2.60. The highest BCUT2D eigenvalue weighted by Gasteiger charge is 2.15. The monoisotopic (exact) mass is 308 g/mol. The van der Waals surface area contributed by atoms with Crippen molar-refractivity contribution in [3.8, 4) is 0 Å². The molecule has 1 heterocycles. The van der Waals surface area contributed by atoms with E-state index in [1.165, 1.54) is 6.92 Å². The number of aromatic nitrogens is 1. The summed E-state index contributed by atoms with van der Waals surface area (Å²) in [7, 11) is 0. The van der Waals surface area contributed by atoms with Gasteiger partial charge in [0.2, 0.25) is 5.91 Å². The van der Waals surface area contributed by atoms with Crippen molar-refractivity contribution in [2.75, 3.05) is 19.6 Å². The SMILES string of the molecule is CC(=O)NCCCN(CCC(N)=S)C(=O)c1ccncc1. The number of pyridine rings is 1. The Labute approximate surface area is 129 Å². The molecule has 7 heteroatoms. The van der Waals surface area contributed by atoms with Gasteiger partial charge in [0.1, 0.15) is 0 Å². The zero-order valence-corrected chi connectivity index (χ0v) is 12.9. The molecular formula is C14H20N4O2S. The maximum Gasteiger partial charge on any atom is 0.253 e. The number of amides is 2. The standard InChI is InChI=1S/C14H20N4O2S/c1-11(19)17-6-2-9-18(10-5-13(15)21)14(20)12-3-7-16-8-4-12/h3-4,7-8H,2,5-6,9-10H2,1H3,(H2,15,21)(H,17,19). The number of hydrogen-bond acceptors (Lipinski definition) is 4. The summed E-state index contributed by atoms with van der Waals surface area (Å²) >= 11 is 4.86. The number of nitrogens with one attached hydrogen (secondary N) is 1. The van der Waals surface area contributed by atoms with Gasteiger partial charge in [-0.1, -0.05) is 12.2 Å². The summed E-state index contributed by atoms with van der Waals surface area (Å²) in [5.74, 6) is -0.165. The number of nitrogens with two attached hydrogens (primary N) is 1. The molecule has 0 bridgehead atoms. The zero-order valence-electron chi connectivity index (χ0n) is 12.0. The molecule has 0 aliphatic heterocycles. The van der Waals surface area contributed by atoms with Crippen molar-refractivity contribution in [2.24, 2.45) is 5.73 Å². The Hall–Kier alpha value is -2.02. The normalized spacial score (nSPS) is 9.95. The lowest BCUT2D eigenvalue weighted by molar-refractivity contribution is -0.118. The third-order valence-corrected chi connectivity index (χ3v) is 3.03. The number of rotatable bonds is 8. The summed E-state index contributed by atoms with van der Waals surface area (Å²) in [5, 5.41) is 2.71. The zero-order chi connectivity index (χ0) is 15.7. The summed E-state index contributed by atoms with van der Waals surface area (Å²) < 4.78 is 0. The lowest BCUT2D eigenvalue weighted by atomic mass is 10.2. The Morgan fingerprint density at radius 2 is 2.00 bits per heavy atom. The number of nitrogens with zero attached hydrogens (tertiary/aromatic N) is 2. The van der Waals surface area contributed by atoms with Crippen molar-refractivity contribution in [2.45, 2.75) is 19.8 Å². The topological polar surface area (TPSA) is 88.3 Å². The summed E-state index contributed by atoms with van der Waals surface area (Å²) in [6.07, 6.45) is 4.31. The first-order valence-electron chi connectivity index (χ1n) is 6.72. The van der Waals surface area contributed by atoms with Crippen LogP contribution < -0.4 is 11.1 Å². The molecule has 0 spiro atoms. The molecule has 1 aromatic rings. The van der Waals surface area contributed by atoms with Crippen LogP contribution in [0, 0.1) is 0 Å². The van der Waals surface area contributed by atoms with E-state index in [4.69, 9.17) is 18.0 Å². The first-order valence-corrected chi connectivity index (χ1v) is 7.13. The van der Waals surface area contributed by atoms with Gasteiger partial charge >= 0.3 is 0 Å². The van der Waals surface area contributed by atoms with Crippen LogP contribution >= 0.6 is 12.2 Å². The maximum absolute atomic E-state index is 12.4.